The summed E-state index contributed by atoms with van der Waals surface area (Å²) in [6.45, 7) is 0. The summed E-state index contributed by atoms with van der Waals surface area (Å²) in [7, 11) is 0. The number of rotatable bonds is 4. The van der Waals surface area contributed by atoms with Crippen molar-refractivity contribution in [3.05, 3.63) is 56.2 Å². The van der Waals surface area contributed by atoms with Gasteiger partial charge in [0.25, 0.3) is 0 Å². The Morgan fingerprint density at radius 1 is 1.17 bits per heavy atom. The summed E-state index contributed by atoms with van der Waals surface area (Å²) in [5.41, 5.74) is 6.74. The molecule has 0 saturated heterocycles. The molecule has 0 amide bonds. The van der Waals surface area contributed by atoms with Crippen molar-refractivity contribution in [3.63, 3.8) is 0 Å². The highest BCUT2D eigenvalue weighted by Crippen LogP contribution is 2.24. The van der Waals surface area contributed by atoms with Gasteiger partial charge in [-0.25, -0.2) is 8.78 Å². The minimum absolute atomic E-state index is 0.107. The van der Waals surface area contributed by atoms with E-state index in [1.54, 1.807) is 17.4 Å². The van der Waals surface area contributed by atoms with E-state index >= 15 is 0 Å². The van der Waals surface area contributed by atoms with Gasteiger partial charge < -0.3 is 5.73 Å². The van der Waals surface area contributed by atoms with Gasteiger partial charge in [-0.2, -0.15) is 0 Å². The van der Waals surface area contributed by atoms with Crippen LogP contribution in [0.5, 0.6) is 0 Å². The first-order valence-electron chi connectivity index (χ1n) is 5.47. The number of hydrogen-bond acceptors (Lipinski definition) is 2. The van der Waals surface area contributed by atoms with Crippen molar-refractivity contribution in [1.29, 1.82) is 0 Å². The van der Waals surface area contributed by atoms with E-state index < -0.39 is 11.6 Å². The molecule has 18 heavy (non-hydrogen) atoms. The van der Waals surface area contributed by atoms with Crippen molar-refractivity contribution in [2.75, 3.05) is 0 Å². The van der Waals surface area contributed by atoms with Gasteiger partial charge in [0, 0.05) is 15.4 Å². The molecule has 0 aliphatic rings. The van der Waals surface area contributed by atoms with Crippen LogP contribution in [0.15, 0.2) is 34.1 Å². The van der Waals surface area contributed by atoms with Crippen LogP contribution in [-0.2, 0) is 12.8 Å². The van der Waals surface area contributed by atoms with E-state index in [-0.39, 0.29) is 6.04 Å². The first-order valence-corrected chi connectivity index (χ1v) is 7.15. The van der Waals surface area contributed by atoms with Crippen molar-refractivity contribution < 1.29 is 8.78 Å². The molecule has 0 saturated carbocycles. The highest BCUT2D eigenvalue weighted by atomic mass is 79.9. The zero-order chi connectivity index (χ0) is 13.1. The maximum atomic E-state index is 13.0. The minimum Gasteiger partial charge on any atom is -0.327 e. The fourth-order valence-electron chi connectivity index (χ4n) is 1.75. The van der Waals surface area contributed by atoms with Gasteiger partial charge in [0.1, 0.15) is 0 Å². The SMILES string of the molecule is NC(Cc1ccc(F)c(F)c1)Cc1sccc1Br. The quantitative estimate of drug-likeness (QED) is 0.903. The molecule has 1 aromatic heterocycles. The fourth-order valence-corrected chi connectivity index (χ4v) is 3.36. The van der Waals surface area contributed by atoms with Crippen molar-refractivity contribution in [2.45, 2.75) is 18.9 Å². The summed E-state index contributed by atoms with van der Waals surface area (Å²) < 4.78 is 26.9. The predicted octanol–water partition coefficient (Wildman–Crippen LogP) is 3.90. The molecule has 96 valence electrons. The number of halogens is 3. The lowest BCUT2D eigenvalue weighted by Gasteiger charge is -2.11. The van der Waals surface area contributed by atoms with Crippen LogP contribution >= 0.6 is 27.3 Å². The number of nitrogens with two attached hydrogens (primary N) is 1. The monoisotopic (exact) mass is 331 g/mol. The third kappa shape index (κ3) is 3.37. The Morgan fingerprint density at radius 2 is 1.94 bits per heavy atom. The molecule has 1 aromatic carbocycles. The van der Waals surface area contributed by atoms with E-state index in [9.17, 15) is 8.78 Å². The van der Waals surface area contributed by atoms with Crippen LogP contribution in [-0.4, -0.2) is 6.04 Å². The van der Waals surface area contributed by atoms with Gasteiger partial charge in [0.15, 0.2) is 11.6 Å². The molecule has 2 aromatic rings. The lowest BCUT2D eigenvalue weighted by Crippen LogP contribution is -2.25. The van der Waals surface area contributed by atoms with E-state index in [1.165, 1.54) is 10.9 Å². The zero-order valence-corrected chi connectivity index (χ0v) is 11.9. The molecule has 1 nitrogen and oxygen atoms in total. The van der Waals surface area contributed by atoms with Gasteiger partial charge in [-0.05, 0) is 57.9 Å². The molecule has 1 atom stereocenters. The van der Waals surface area contributed by atoms with Crippen LogP contribution in [0, 0.1) is 11.6 Å². The van der Waals surface area contributed by atoms with E-state index in [4.69, 9.17) is 5.73 Å². The Kier molecular flexibility index (Phi) is 4.48. The van der Waals surface area contributed by atoms with E-state index in [0.29, 0.717) is 12.0 Å². The highest BCUT2D eigenvalue weighted by Gasteiger charge is 2.10. The normalized spacial score (nSPS) is 12.7. The van der Waals surface area contributed by atoms with Crippen molar-refractivity contribution in [3.8, 4) is 0 Å². The minimum atomic E-state index is -0.826. The second-order valence-corrected chi connectivity index (χ2v) is 5.96. The Bertz CT molecular complexity index is 542. The zero-order valence-electron chi connectivity index (χ0n) is 9.50. The van der Waals surface area contributed by atoms with Gasteiger partial charge in [-0.15, -0.1) is 11.3 Å². The fraction of sp³-hybridized carbons (Fsp3) is 0.231. The molecule has 0 aliphatic carbocycles. The van der Waals surface area contributed by atoms with Gasteiger partial charge in [0.05, 0.1) is 0 Å². The molecule has 0 fully saturated rings. The van der Waals surface area contributed by atoms with E-state index in [1.807, 2.05) is 11.4 Å². The van der Waals surface area contributed by atoms with E-state index in [2.05, 4.69) is 15.9 Å². The topological polar surface area (TPSA) is 26.0 Å². The van der Waals surface area contributed by atoms with Crippen molar-refractivity contribution in [2.24, 2.45) is 5.73 Å². The van der Waals surface area contributed by atoms with Crippen LogP contribution < -0.4 is 5.73 Å². The first-order chi connectivity index (χ1) is 8.56. The standard InChI is InChI=1S/C13H12BrF2NS/c14-10-3-4-18-13(10)7-9(17)5-8-1-2-11(15)12(16)6-8/h1-4,6,9H,5,7,17H2. The number of benzene rings is 1. The van der Waals surface area contributed by atoms with Crippen LogP contribution in [0.2, 0.25) is 0 Å². The Labute approximate surface area is 117 Å². The van der Waals surface area contributed by atoms with Crippen LogP contribution in [0.1, 0.15) is 10.4 Å². The van der Waals surface area contributed by atoms with Crippen molar-refractivity contribution in [1.82, 2.24) is 0 Å². The molecule has 0 aliphatic heterocycles. The third-order valence-corrected chi connectivity index (χ3v) is 4.57. The van der Waals surface area contributed by atoms with Crippen molar-refractivity contribution >= 4 is 27.3 Å². The van der Waals surface area contributed by atoms with Gasteiger partial charge in [-0.1, -0.05) is 6.07 Å². The average Bonchev–Trinajstić information content (AvgIpc) is 2.70. The summed E-state index contributed by atoms with van der Waals surface area (Å²) in [6, 6.07) is 5.79. The average molecular weight is 332 g/mol. The maximum Gasteiger partial charge on any atom is 0.159 e. The summed E-state index contributed by atoms with van der Waals surface area (Å²) >= 11 is 5.08. The van der Waals surface area contributed by atoms with Gasteiger partial charge >= 0.3 is 0 Å². The smallest absolute Gasteiger partial charge is 0.159 e. The maximum absolute atomic E-state index is 13.0. The molecule has 1 heterocycles. The second-order valence-electron chi connectivity index (χ2n) is 4.11. The molecule has 5 heteroatoms. The summed E-state index contributed by atoms with van der Waals surface area (Å²) in [4.78, 5) is 1.17. The predicted molar refractivity (Wildman–Crippen MR) is 73.8 cm³/mol. The molecular weight excluding hydrogens is 320 g/mol. The highest BCUT2D eigenvalue weighted by molar-refractivity contribution is 9.10. The van der Waals surface area contributed by atoms with E-state index in [0.717, 1.165) is 17.0 Å². The molecular formula is C13H12BrF2NS. The Balaban J connectivity index is 2.01. The number of thiophene rings is 1. The molecule has 0 spiro atoms. The van der Waals surface area contributed by atoms with Crippen LogP contribution in [0.3, 0.4) is 0 Å². The third-order valence-electron chi connectivity index (χ3n) is 2.62. The number of hydrogen-bond donors (Lipinski definition) is 1. The molecule has 2 rings (SSSR count). The first kappa shape index (κ1) is 13.6. The van der Waals surface area contributed by atoms with Crippen LogP contribution in [0.4, 0.5) is 8.78 Å². The summed E-state index contributed by atoms with van der Waals surface area (Å²) in [5.74, 6) is -1.65. The van der Waals surface area contributed by atoms with Gasteiger partial charge in [-0.3, -0.25) is 0 Å². The lowest BCUT2D eigenvalue weighted by atomic mass is 10.0. The summed E-state index contributed by atoms with van der Waals surface area (Å²) in [6.07, 6.45) is 1.25. The Hall–Kier alpha value is -0.780. The molecule has 1 unspecified atom stereocenters. The molecule has 2 N–H and O–H groups in total. The Morgan fingerprint density at radius 3 is 2.56 bits per heavy atom. The summed E-state index contributed by atoms with van der Waals surface area (Å²) in [5, 5.41) is 1.99. The largest absolute Gasteiger partial charge is 0.327 e. The second kappa shape index (κ2) is 5.91. The van der Waals surface area contributed by atoms with Crippen LogP contribution in [0.25, 0.3) is 0 Å². The molecule has 0 bridgehead atoms. The lowest BCUT2D eigenvalue weighted by molar-refractivity contribution is 0.506. The molecule has 0 radical (unpaired) electrons. The van der Waals surface area contributed by atoms with Gasteiger partial charge in [0.2, 0.25) is 0 Å².